The molecule has 1 aromatic rings. The number of benzene rings is 1. The van der Waals surface area contributed by atoms with Crippen LogP contribution in [0.3, 0.4) is 0 Å². The summed E-state index contributed by atoms with van der Waals surface area (Å²) < 4.78 is 0. The first-order chi connectivity index (χ1) is 6.27. The third kappa shape index (κ3) is 2.15. The number of rotatable bonds is 1. The first-order valence-corrected chi connectivity index (χ1v) is 3.94. The summed E-state index contributed by atoms with van der Waals surface area (Å²) in [5.41, 5.74) is 0.742. The van der Waals surface area contributed by atoms with E-state index >= 15 is 0 Å². The summed E-state index contributed by atoms with van der Waals surface area (Å²) in [6.45, 7) is 0.114. The number of nitrogens with zero attached hydrogens (tertiary/aromatic N) is 1. The van der Waals surface area contributed by atoms with Crippen LogP contribution >= 0.6 is 0 Å². The molecule has 1 heterocycles. The van der Waals surface area contributed by atoms with Gasteiger partial charge in [-0.3, -0.25) is 15.0 Å². The van der Waals surface area contributed by atoms with Gasteiger partial charge in [0.15, 0.2) is 0 Å². The van der Waals surface area contributed by atoms with Crippen molar-refractivity contribution in [3.63, 3.8) is 0 Å². The van der Waals surface area contributed by atoms with Crippen LogP contribution in [-0.2, 0) is 4.79 Å². The van der Waals surface area contributed by atoms with Crippen LogP contribution in [0.1, 0.15) is 1.43 Å². The smallest absolute Gasteiger partial charge is 1.00 e. The maximum Gasteiger partial charge on any atom is 1.00 e. The number of hydrogen-bond acceptors (Lipinski definition) is 2. The molecule has 0 aliphatic carbocycles. The first kappa shape index (κ1) is 11.2. The number of carbonyl (C=O) groups is 2. The molecular formula is C9H9N2NaO2. The Bertz CT molecular complexity index is 358. The molecule has 5 heteroatoms. The van der Waals surface area contributed by atoms with Gasteiger partial charge in [0.1, 0.15) is 6.54 Å². The molecule has 1 aliphatic heterocycles. The molecule has 0 radical (unpaired) electrons. The second kappa shape index (κ2) is 4.59. The Kier molecular flexibility index (Phi) is 3.69. The minimum absolute atomic E-state index is 0. The van der Waals surface area contributed by atoms with E-state index in [1.165, 1.54) is 4.90 Å². The zero-order valence-electron chi connectivity index (χ0n) is 8.86. The zero-order chi connectivity index (χ0) is 9.26. The number of urea groups is 1. The van der Waals surface area contributed by atoms with Crippen LogP contribution in [0.2, 0.25) is 0 Å². The van der Waals surface area contributed by atoms with E-state index in [0.717, 1.165) is 5.69 Å². The molecule has 3 amide bonds. The van der Waals surface area contributed by atoms with Gasteiger partial charge in [0.25, 0.3) is 0 Å². The van der Waals surface area contributed by atoms with Crippen LogP contribution < -0.4 is 39.8 Å². The zero-order valence-corrected chi connectivity index (χ0v) is 9.86. The summed E-state index contributed by atoms with van der Waals surface area (Å²) >= 11 is 0. The summed E-state index contributed by atoms with van der Waals surface area (Å²) in [6, 6.07) is 8.74. The predicted octanol–water partition coefficient (Wildman–Crippen LogP) is -2.14. The van der Waals surface area contributed by atoms with E-state index in [9.17, 15) is 9.59 Å². The van der Waals surface area contributed by atoms with E-state index in [-0.39, 0.29) is 49.5 Å². The monoisotopic (exact) mass is 200 g/mol. The fourth-order valence-electron chi connectivity index (χ4n) is 1.26. The Balaban J connectivity index is 0.000000980. The number of hydrogen-bond donors (Lipinski definition) is 1. The molecule has 1 saturated heterocycles. The van der Waals surface area contributed by atoms with Crippen LogP contribution in [0, 0.1) is 0 Å². The standard InChI is InChI=1S/C9H8N2O2.Na.H/c12-8-6-11(9(13)10-8)7-4-2-1-3-5-7;;/h1-5H,6H2,(H,10,12,13);;/q;+1;-1. The molecule has 0 bridgehead atoms. The molecule has 0 atom stereocenters. The van der Waals surface area contributed by atoms with Crippen LogP contribution in [-0.4, -0.2) is 18.5 Å². The van der Waals surface area contributed by atoms with Gasteiger partial charge in [-0.25, -0.2) is 4.79 Å². The summed E-state index contributed by atoms with van der Waals surface area (Å²) in [7, 11) is 0. The van der Waals surface area contributed by atoms with E-state index in [0.29, 0.717) is 0 Å². The average molecular weight is 200 g/mol. The molecular weight excluding hydrogens is 191 g/mol. The Morgan fingerprint density at radius 1 is 1.21 bits per heavy atom. The van der Waals surface area contributed by atoms with Gasteiger partial charge in [-0.2, -0.15) is 0 Å². The molecule has 1 N–H and O–H groups in total. The van der Waals surface area contributed by atoms with E-state index in [1.54, 1.807) is 12.1 Å². The van der Waals surface area contributed by atoms with E-state index in [1.807, 2.05) is 18.2 Å². The van der Waals surface area contributed by atoms with Crippen molar-refractivity contribution in [3.8, 4) is 0 Å². The average Bonchev–Trinajstić information content (AvgIpc) is 2.47. The van der Waals surface area contributed by atoms with Crippen molar-refractivity contribution in [2.24, 2.45) is 0 Å². The molecule has 0 aromatic heterocycles. The Morgan fingerprint density at radius 2 is 1.86 bits per heavy atom. The second-order valence-electron chi connectivity index (χ2n) is 2.78. The molecule has 2 rings (SSSR count). The van der Waals surface area contributed by atoms with E-state index < -0.39 is 0 Å². The Labute approximate surface area is 105 Å². The number of imide groups is 1. The van der Waals surface area contributed by atoms with Crippen molar-refractivity contribution in [2.45, 2.75) is 0 Å². The fourth-order valence-corrected chi connectivity index (χ4v) is 1.26. The number of anilines is 1. The van der Waals surface area contributed by atoms with Crippen molar-refractivity contribution in [3.05, 3.63) is 30.3 Å². The second-order valence-corrected chi connectivity index (χ2v) is 2.78. The Hall–Kier alpha value is -0.840. The van der Waals surface area contributed by atoms with Crippen molar-refractivity contribution >= 4 is 17.6 Å². The number of carbonyl (C=O) groups excluding carboxylic acids is 2. The third-order valence-corrected chi connectivity index (χ3v) is 1.86. The van der Waals surface area contributed by atoms with E-state index in [4.69, 9.17) is 0 Å². The largest absolute Gasteiger partial charge is 1.00 e. The van der Waals surface area contributed by atoms with Crippen LogP contribution in [0.5, 0.6) is 0 Å². The predicted molar refractivity (Wildman–Crippen MR) is 48.4 cm³/mol. The first-order valence-electron chi connectivity index (χ1n) is 3.94. The molecule has 14 heavy (non-hydrogen) atoms. The quantitative estimate of drug-likeness (QED) is 0.415. The van der Waals surface area contributed by atoms with Crippen molar-refractivity contribution in [2.75, 3.05) is 11.4 Å². The van der Waals surface area contributed by atoms with Gasteiger partial charge in [0.2, 0.25) is 5.91 Å². The SMILES string of the molecule is O=C1CN(c2ccccc2)C(=O)N1.[H-].[Na+]. The van der Waals surface area contributed by atoms with Gasteiger partial charge in [-0.05, 0) is 12.1 Å². The van der Waals surface area contributed by atoms with E-state index in [2.05, 4.69) is 5.32 Å². The molecule has 1 aromatic carbocycles. The van der Waals surface area contributed by atoms with Crippen LogP contribution in [0.4, 0.5) is 10.5 Å². The van der Waals surface area contributed by atoms with Gasteiger partial charge < -0.3 is 1.43 Å². The number of nitrogens with one attached hydrogen (secondary N) is 1. The summed E-state index contributed by atoms with van der Waals surface area (Å²) in [6.07, 6.45) is 0. The molecule has 0 unspecified atom stereocenters. The molecule has 4 nitrogen and oxygen atoms in total. The molecule has 0 saturated carbocycles. The fraction of sp³-hybridized carbons (Fsp3) is 0.111. The Morgan fingerprint density at radius 3 is 2.36 bits per heavy atom. The molecule has 0 spiro atoms. The maximum atomic E-state index is 11.2. The topological polar surface area (TPSA) is 49.4 Å². The summed E-state index contributed by atoms with van der Waals surface area (Å²) in [4.78, 5) is 23.4. The summed E-state index contributed by atoms with van der Waals surface area (Å²) in [5, 5.41) is 2.21. The number of para-hydroxylation sites is 1. The van der Waals surface area contributed by atoms with Gasteiger partial charge in [-0.15, -0.1) is 0 Å². The molecule has 68 valence electrons. The minimum atomic E-state index is -0.351. The molecule has 1 fully saturated rings. The van der Waals surface area contributed by atoms with Gasteiger partial charge in [0, 0.05) is 5.69 Å². The summed E-state index contributed by atoms with van der Waals surface area (Å²) in [5.74, 6) is -0.256. The van der Waals surface area contributed by atoms with Gasteiger partial charge in [0.05, 0.1) is 0 Å². The maximum absolute atomic E-state index is 11.2. The van der Waals surface area contributed by atoms with Crippen molar-refractivity contribution < 1.29 is 40.6 Å². The third-order valence-electron chi connectivity index (χ3n) is 1.86. The van der Waals surface area contributed by atoms with Crippen molar-refractivity contribution in [1.29, 1.82) is 0 Å². The van der Waals surface area contributed by atoms with Gasteiger partial charge >= 0.3 is 35.6 Å². The number of amides is 3. The minimum Gasteiger partial charge on any atom is -1.00 e. The van der Waals surface area contributed by atoms with Crippen LogP contribution in [0.25, 0.3) is 0 Å². The van der Waals surface area contributed by atoms with Crippen LogP contribution in [0.15, 0.2) is 30.3 Å². The van der Waals surface area contributed by atoms with Crippen molar-refractivity contribution in [1.82, 2.24) is 5.32 Å². The molecule has 1 aliphatic rings. The van der Waals surface area contributed by atoms with Gasteiger partial charge in [-0.1, -0.05) is 18.2 Å². The normalized spacial score (nSPS) is 15.0.